The third kappa shape index (κ3) is 3.22. The molecule has 6 nitrogen and oxygen atoms in total. The summed E-state index contributed by atoms with van der Waals surface area (Å²) < 4.78 is 15.8. The monoisotopic (exact) mass is 379 g/mol. The van der Waals surface area contributed by atoms with Gasteiger partial charge in [0, 0.05) is 24.4 Å². The van der Waals surface area contributed by atoms with Gasteiger partial charge in [0.25, 0.3) is 5.91 Å². The molecule has 6 heteroatoms. The molecule has 0 N–H and O–H groups in total. The molecule has 1 aromatic heterocycles. The highest BCUT2D eigenvalue weighted by Gasteiger charge is 2.30. The molecule has 1 atom stereocenters. The highest BCUT2D eigenvalue weighted by atomic mass is 16.5. The standard InChI is InChI=1S/C22H21NO5/c1-26-17-8-6-14(7-9-17)16-10-11-23(13-16)21(24)18-12-15-4-3-5-19(27-2)20(15)28-22(18)25/h3-9,12,16H,10-11,13H2,1-2H3. The molecule has 1 fully saturated rings. The first-order valence-corrected chi connectivity index (χ1v) is 9.15. The quantitative estimate of drug-likeness (QED) is 0.650. The minimum Gasteiger partial charge on any atom is -0.497 e. The fourth-order valence-corrected chi connectivity index (χ4v) is 3.69. The fourth-order valence-electron chi connectivity index (χ4n) is 3.69. The molecular weight excluding hydrogens is 358 g/mol. The Kier molecular flexibility index (Phi) is 4.77. The lowest BCUT2D eigenvalue weighted by Crippen LogP contribution is -2.32. The van der Waals surface area contributed by atoms with Crippen LogP contribution < -0.4 is 15.1 Å². The lowest BCUT2D eigenvalue weighted by atomic mass is 9.98. The van der Waals surface area contributed by atoms with E-state index in [1.165, 1.54) is 7.11 Å². The zero-order valence-electron chi connectivity index (χ0n) is 15.8. The predicted molar refractivity (Wildman–Crippen MR) is 105 cm³/mol. The van der Waals surface area contributed by atoms with Crippen LogP contribution in [-0.2, 0) is 0 Å². The molecule has 1 aliphatic rings. The molecule has 3 aromatic rings. The molecule has 0 aliphatic carbocycles. The molecule has 1 amide bonds. The number of methoxy groups -OCH3 is 2. The number of hydrogen-bond donors (Lipinski definition) is 0. The zero-order valence-corrected chi connectivity index (χ0v) is 15.8. The van der Waals surface area contributed by atoms with Crippen LogP contribution in [0.1, 0.15) is 28.3 Å². The Morgan fingerprint density at radius 1 is 1.11 bits per heavy atom. The van der Waals surface area contributed by atoms with Gasteiger partial charge in [-0.05, 0) is 36.2 Å². The second-order valence-electron chi connectivity index (χ2n) is 6.84. The van der Waals surface area contributed by atoms with Crippen LogP contribution in [0.5, 0.6) is 11.5 Å². The van der Waals surface area contributed by atoms with Gasteiger partial charge >= 0.3 is 5.63 Å². The van der Waals surface area contributed by atoms with Crippen molar-refractivity contribution in [3.8, 4) is 11.5 Å². The summed E-state index contributed by atoms with van der Waals surface area (Å²) in [7, 11) is 3.15. The number of carbonyl (C=O) groups is 1. The van der Waals surface area contributed by atoms with E-state index >= 15 is 0 Å². The van der Waals surface area contributed by atoms with Crippen LogP contribution in [-0.4, -0.2) is 38.1 Å². The van der Waals surface area contributed by atoms with Crippen molar-refractivity contribution in [3.63, 3.8) is 0 Å². The van der Waals surface area contributed by atoms with Gasteiger partial charge < -0.3 is 18.8 Å². The van der Waals surface area contributed by atoms with Gasteiger partial charge in [0.05, 0.1) is 14.2 Å². The third-order valence-electron chi connectivity index (χ3n) is 5.24. The van der Waals surface area contributed by atoms with Gasteiger partial charge in [-0.2, -0.15) is 0 Å². The second kappa shape index (κ2) is 7.38. The van der Waals surface area contributed by atoms with E-state index in [9.17, 15) is 9.59 Å². The number of carbonyl (C=O) groups excluding carboxylic acids is 1. The van der Waals surface area contributed by atoms with Crippen molar-refractivity contribution in [1.82, 2.24) is 4.90 Å². The molecule has 2 heterocycles. The van der Waals surface area contributed by atoms with Gasteiger partial charge in [0.2, 0.25) is 0 Å². The van der Waals surface area contributed by atoms with Crippen molar-refractivity contribution >= 4 is 16.9 Å². The molecule has 144 valence electrons. The number of ether oxygens (including phenoxy) is 2. The maximum absolute atomic E-state index is 13.0. The Morgan fingerprint density at radius 2 is 1.89 bits per heavy atom. The Balaban J connectivity index is 1.58. The van der Waals surface area contributed by atoms with Crippen LogP contribution >= 0.6 is 0 Å². The molecule has 0 radical (unpaired) electrons. The average molecular weight is 379 g/mol. The van der Waals surface area contributed by atoms with E-state index in [0.717, 1.165) is 17.7 Å². The first kappa shape index (κ1) is 18.1. The van der Waals surface area contributed by atoms with E-state index in [2.05, 4.69) is 0 Å². The van der Waals surface area contributed by atoms with Crippen LogP contribution in [0.3, 0.4) is 0 Å². The number of para-hydroxylation sites is 1. The summed E-state index contributed by atoms with van der Waals surface area (Å²) in [5.41, 5.74) is 0.918. The first-order valence-electron chi connectivity index (χ1n) is 9.15. The molecule has 1 saturated heterocycles. The van der Waals surface area contributed by atoms with Gasteiger partial charge in [-0.3, -0.25) is 4.79 Å². The number of nitrogens with zero attached hydrogens (tertiary/aromatic N) is 1. The lowest BCUT2D eigenvalue weighted by Gasteiger charge is -2.16. The van der Waals surface area contributed by atoms with Gasteiger partial charge in [-0.25, -0.2) is 4.79 Å². The Bertz CT molecular complexity index is 1070. The van der Waals surface area contributed by atoms with Crippen molar-refractivity contribution < 1.29 is 18.7 Å². The number of amides is 1. The highest BCUT2D eigenvalue weighted by molar-refractivity contribution is 5.97. The van der Waals surface area contributed by atoms with Crippen LogP contribution in [0, 0.1) is 0 Å². The summed E-state index contributed by atoms with van der Waals surface area (Å²) in [5.74, 6) is 1.21. The summed E-state index contributed by atoms with van der Waals surface area (Å²) >= 11 is 0. The van der Waals surface area contributed by atoms with Crippen molar-refractivity contribution in [1.29, 1.82) is 0 Å². The molecule has 1 unspecified atom stereocenters. The number of benzene rings is 2. The van der Waals surface area contributed by atoms with Crippen LogP contribution in [0.15, 0.2) is 57.7 Å². The van der Waals surface area contributed by atoms with E-state index in [1.54, 1.807) is 36.3 Å². The fraction of sp³-hybridized carbons (Fsp3) is 0.273. The van der Waals surface area contributed by atoms with Crippen molar-refractivity contribution in [2.45, 2.75) is 12.3 Å². The minimum atomic E-state index is -0.644. The normalized spacial score (nSPS) is 16.4. The first-order chi connectivity index (χ1) is 13.6. The molecule has 0 saturated carbocycles. The Morgan fingerprint density at radius 3 is 2.61 bits per heavy atom. The summed E-state index contributed by atoms with van der Waals surface area (Å²) in [6.45, 7) is 1.17. The Labute approximate surface area is 162 Å². The van der Waals surface area contributed by atoms with Gasteiger partial charge in [-0.1, -0.05) is 24.3 Å². The van der Waals surface area contributed by atoms with Crippen LogP contribution in [0.4, 0.5) is 0 Å². The predicted octanol–water partition coefficient (Wildman–Crippen LogP) is 3.44. The van der Waals surface area contributed by atoms with Crippen molar-refractivity contribution in [2.75, 3.05) is 27.3 Å². The molecule has 4 rings (SSSR count). The average Bonchev–Trinajstić information content (AvgIpc) is 3.22. The summed E-state index contributed by atoms with van der Waals surface area (Å²) in [6.07, 6.45) is 0.852. The number of likely N-dealkylation sites (tertiary alicyclic amines) is 1. The maximum atomic E-state index is 13.0. The van der Waals surface area contributed by atoms with E-state index < -0.39 is 5.63 Å². The number of hydrogen-bond acceptors (Lipinski definition) is 5. The van der Waals surface area contributed by atoms with E-state index in [1.807, 2.05) is 24.3 Å². The maximum Gasteiger partial charge on any atom is 0.349 e. The van der Waals surface area contributed by atoms with Gasteiger partial charge in [0.1, 0.15) is 11.3 Å². The third-order valence-corrected chi connectivity index (χ3v) is 5.24. The molecular formula is C22H21NO5. The number of fused-ring (bicyclic) bond motifs is 1. The second-order valence-corrected chi connectivity index (χ2v) is 6.84. The van der Waals surface area contributed by atoms with E-state index in [0.29, 0.717) is 29.8 Å². The van der Waals surface area contributed by atoms with Crippen molar-refractivity contribution in [3.05, 3.63) is 70.1 Å². The summed E-state index contributed by atoms with van der Waals surface area (Å²) in [5, 5.41) is 0.660. The molecule has 1 aliphatic heterocycles. The van der Waals surface area contributed by atoms with Gasteiger partial charge in [0.15, 0.2) is 11.3 Å². The van der Waals surface area contributed by atoms with Gasteiger partial charge in [-0.15, -0.1) is 0 Å². The smallest absolute Gasteiger partial charge is 0.349 e. The zero-order chi connectivity index (χ0) is 19.7. The molecule has 28 heavy (non-hydrogen) atoms. The highest BCUT2D eigenvalue weighted by Crippen LogP contribution is 2.30. The molecule has 2 aromatic carbocycles. The SMILES string of the molecule is COc1ccc(C2CCN(C(=O)c3cc4cccc(OC)c4oc3=O)C2)cc1. The van der Waals surface area contributed by atoms with Crippen molar-refractivity contribution in [2.24, 2.45) is 0 Å². The van der Waals surface area contributed by atoms with Crippen LogP contribution in [0.25, 0.3) is 11.0 Å². The minimum absolute atomic E-state index is 0.0520. The Hall–Kier alpha value is -3.28. The summed E-state index contributed by atoms with van der Waals surface area (Å²) in [6, 6.07) is 14.8. The van der Waals surface area contributed by atoms with E-state index in [4.69, 9.17) is 13.9 Å². The largest absolute Gasteiger partial charge is 0.497 e. The summed E-state index contributed by atoms with van der Waals surface area (Å²) in [4.78, 5) is 27.1. The molecule has 0 bridgehead atoms. The topological polar surface area (TPSA) is 69.0 Å². The van der Waals surface area contributed by atoms with E-state index in [-0.39, 0.29) is 17.4 Å². The molecule has 0 spiro atoms. The lowest BCUT2D eigenvalue weighted by molar-refractivity contribution is 0.0786. The van der Waals surface area contributed by atoms with Crippen LogP contribution in [0.2, 0.25) is 0 Å². The number of rotatable bonds is 4.